The summed E-state index contributed by atoms with van der Waals surface area (Å²) in [5, 5.41) is 3.66. The van der Waals surface area contributed by atoms with Gasteiger partial charge in [0, 0.05) is 23.6 Å². The summed E-state index contributed by atoms with van der Waals surface area (Å²) in [7, 11) is 4.25. The van der Waals surface area contributed by atoms with Crippen molar-refractivity contribution in [3.05, 3.63) is 33.8 Å². The molecular formula is C15H25BrN2. The second-order valence-corrected chi connectivity index (χ2v) is 6.43. The first-order chi connectivity index (χ1) is 8.40. The molecule has 1 atom stereocenters. The number of halogens is 1. The number of hydrogen-bond donors (Lipinski definition) is 1. The maximum absolute atomic E-state index is 3.66. The van der Waals surface area contributed by atoms with Crippen molar-refractivity contribution in [1.29, 1.82) is 0 Å². The van der Waals surface area contributed by atoms with Crippen LogP contribution in [-0.4, -0.2) is 31.6 Å². The zero-order chi connectivity index (χ0) is 13.7. The number of aryl methyl sites for hydroxylation is 1. The van der Waals surface area contributed by atoms with Gasteiger partial charge in [-0.1, -0.05) is 41.9 Å². The molecule has 0 radical (unpaired) electrons. The zero-order valence-corrected chi connectivity index (χ0v) is 13.7. The molecule has 0 fully saturated rings. The van der Waals surface area contributed by atoms with Gasteiger partial charge in [-0.3, -0.25) is 0 Å². The Morgan fingerprint density at radius 3 is 2.44 bits per heavy atom. The summed E-state index contributed by atoms with van der Waals surface area (Å²) >= 11 is 3.54. The molecule has 102 valence electrons. The van der Waals surface area contributed by atoms with Gasteiger partial charge in [0.25, 0.3) is 0 Å². The van der Waals surface area contributed by atoms with Crippen LogP contribution < -0.4 is 5.32 Å². The Kier molecular flexibility index (Phi) is 6.33. The smallest absolute Gasteiger partial charge is 0.0220 e. The van der Waals surface area contributed by atoms with Crippen LogP contribution in [0.4, 0.5) is 0 Å². The Labute approximate surface area is 120 Å². The van der Waals surface area contributed by atoms with Crippen LogP contribution in [0.5, 0.6) is 0 Å². The Morgan fingerprint density at radius 1 is 1.28 bits per heavy atom. The summed E-state index contributed by atoms with van der Waals surface area (Å²) in [6, 6.07) is 7.08. The first-order valence-corrected chi connectivity index (χ1v) is 7.32. The number of hydrogen-bond acceptors (Lipinski definition) is 2. The van der Waals surface area contributed by atoms with Gasteiger partial charge in [0.05, 0.1) is 0 Å². The lowest BCUT2D eigenvalue weighted by molar-refractivity contribution is 0.288. The maximum atomic E-state index is 3.66. The van der Waals surface area contributed by atoms with Crippen LogP contribution in [0.1, 0.15) is 25.0 Å². The van der Waals surface area contributed by atoms with Gasteiger partial charge < -0.3 is 10.2 Å². The highest BCUT2D eigenvalue weighted by molar-refractivity contribution is 9.10. The van der Waals surface area contributed by atoms with E-state index in [9.17, 15) is 0 Å². The molecular weight excluding hydrogens is 288 g/mol. The quantitative estimate of drug-likeness (QED) is 0.865. The fraction of sp³-hybridized carbons (Fsp3) is 0.600. The molecule has 0 aliphatic rings. The van der Waals surface area contributed by atoms with Crippen LogP contribution in [0.25, 0.3) is 0 Å². The van der Waals surface area contributed by atoms with E-state index in [-0.39, 0.29) is 0 Å². The highest BCUT2D eigenvalue weighted by atomic mass is 79.9. The predicted molar refractivity (Wildman–Crippen MR) is 82.9 cm³/mol. The summed E-state index contributed by atoms with van der Waals surface area (Å²) in [6.07, 6.45) is 0. The van der Waals surface area contributed by atoms with Gasteiger partial charge in [-0.05, 0) is 44.1 Å². The van der Waals surface area contributed by atoms with Gasteiger partial charge in [-0.2, -0.15) is 0 Å². The number of benzene rings is 1. The SMILES string of the molecule is Cc1cc(CNC(CN(C)C)C(C)C)ccc1Br. The van der Waals surface area contributed by atoms with E-state index < -0.39 is 0 Å². The van der Waals surface area contributed by atoms with E-state index in [4.69, 9.17) is 0 Å². The molecule has 0 amide bonds. The minimum absolute atomic E-state index is 0.531. The van der Waals surface area contributed by atoms with Crippen LogP contribution in [0.2, 0.25) is 0 Å². The molecule has 1 N–H and O–H groups in total. The third kappa shape index (κ3) is 5.09. The van der Waals surface area contributed by atoms with Crippen molar-refractivity contribution in [1.82, 2.24) is 10.2 Å². The summed E-state index contributed by atoms with van der Waals surface area (Å²) < 4.78 is 1.18. The molecule has 18 heavy (non-hydrogen) atoms. The highest BCUT2D eigenvalue weighted by Gasteiger charge is 2.13. The topological polar surface area (TPSA) is 15.3 Å². The van der Waals surface area contributed by atoms with Gasteiger partial charge in [0.1, 0.15) is 0 Å². The first kappa shape index (κ1) is 15.7. The summed E-state index contributed by atoms with van der Waals surface area (Å²) in [5.41, 5.74) is 2.64. The monoisotopic (exact) mass is 312 g/mol. The van der Waals surface area contributed by atoms with E-state index in [1.807, 2.05) is 0 Å². The summed E-state index contributed by atoms with van der Waals surface area (Å²) in [5.74, 6) is 0.643. The molecule has 1 unspecified atom stereocenters. The first-order valence-electron chi connectivity index (χ1n) is 6.53. The molecule has 0 aliphatic heterocycles. The Hall–Kier alpha value is -0.380. The van der Waals surface area contributed by atoms with E-state index in [0.29, 0.717) is 12.0 Å². The number of nitrogens with zero attached hydrogens (tertiary/aromatic N) is 1. The fourth-order valence-electron chi connectivity index (χ4n) is 1.97. The molecule has 0 saturated carbocycles. The second-order valence-electron chi connectivity index (χ2n) is 5.58. The molecule has 1 aromatic rings. The van der Waals surface area contributed by atoms with Gasteiger partial charge in [0.15, 0.2) is 0 Å². The van der Waals surface area contributed by atoms with Gasteiger partial charge in [-0.25, -0.2) is 0 Å². The molecule has 1 aromatic carbocycles. The van der Waals surface area contributed by atoms with E-state index in [1.165, 1.54) is 15.6 Å². The van der Waals surface area contributed by atoms with Crippen LogP contribution in [-0.2, 0) is 6.54 Å². The Morgan fingerprint density at radius 2 is 1.94 bits per heavy atom. The molecule has 0 aliphatic carbocycles. The fourth-order valence-corrected chi connectivity index (χ4v) is 2.22. The van der Waals surface area contributed by atoms with E-state index in [0.717, 1.165) is 13.1 Å². The van der Waals surface area contributed by atoms with Crippen molar-refractivity contribution in [2.75, 3.05) is 20.6 Å². The minimum Gasteiger partial charge on any atom is -0.308 e. The van der Waals surface area contributed by atoms with E-state index in [1.54, 1.807) is 0 Å². The van der Waals surface area contributed by atoms with Crippen LogP contribution in [0.3, 0.4) is 0 Å². The van der Waals surface area contributed by atoms with E-state index in [2.05, 4.69) is 79.2 Å². The third-order valence-corrected chi connectivity index (χ3v) is 4.05. The number of nitrogens with one attached hydrogen (secondary N) is 1. The maximum Gasteiger partial charge on any atom is 0.0220 e. The average molecular weight is 313 g/mol. The van der Waals surface area contributed by atoms with Gasteiger partial charge >= 0.3 is 0 Å². The van der Waals surface area contributed by atoms with Crippen molar-refractivity contribution in [2.45, 2.75) is 33.4 Å². The molecule has 0 heterocycles. The van der Waals surface area contributed by atoms with Crippen molar-refractivity contribution in [3.8, 4) is 0 Å². The van der Waals surface area contributed by atoms with Crippen molar-refractivity contribution >= 4 is 15.9 Å². The Bertz CT molecular complexity index is 375. The minimum atomic E-state index is 0.531. The largest absolute Gasteiger partial charge is 0.308 e. The molecule has 0 spiro atoms. The van der Waals surface area contributed by atoms with Crippen LogP contribution in [0.15, 0.2) is 22.7 Å². The molecule has 0 aromatic heterocycles. The zero-order valence-electron chi connectivity index (χ0n) is 12.1. The van der Waals surface area contributed by atoms with Gasteiger partial charge in [-0.15, -0.1) is 0 Å². The normalized spacial score (nSPS) is 13.3. The predicted octanol–water partition coefficient (Wildman–Crippen LogP) is 3.43. The van der Waals surface area contributed by atoms with Gasteiger partial charge in [0.2, 0.25) is 0 Å². The van der Waals surface area contributed by atoms with Crippen molar-refractivity contribution < 1.29 is 0 Å². The van der Waals surface area contributed by atoms with Crippen LogP contribution in [0, 0.1) is 12.8 Å². The number of rotatable bonds is 6. The molecule has 2 nitrogen and oxygen atoms in total. The van der Waals surface area contributed by atoms with Crippen LogP contribution >= 0.6 is 15.9 Å². The molecule has 3 heteroatoms. The van der Waals surface area contributed by atoms with Crippen molar-refractivity contribution in [2.24, 2.45) is 5.92 Å². The molecule has 1 rings (SSSR count). The van der Waals surface area contributed by atoms with E-state index >= 15 is 0 Å². The Balaban J connectivity index is 2.58. The lowest BCUT2D eigenvalue weighted by Gasteiger charge is -2.26. The average Bonchev–Trinajstić information content (AvgIpc) is 2.28. The summed E-state index contributed by atoms with van der Waals surface area (Å²) in [6.45, 7) is 8.69. The summed E-state index contributed by atoms with van der Waals surface area (Å²) in [4.78, 5) is 2.24. The molecule has 0 saturated heterocycles. The molecule has 0 bridgehead atoms. The lowest BCUT2D eigenvalue weighted by Crippen LogP contribution is -2.41. The van der Waals surface area contributed by atoms with Crippen molar-refractivity contribution in [3.63, 3.8) is 0 Å². The highest BCUT2D eigenvalue weighted by Crippen LogP contribution is 2.17. The number of likely N-dealkylation sites (N-methyl/N-ethyl adjacent to an activating group) is 1. The lowest BCUT2D eigenvalue weighted by atomic mass is 10.0. The second kappa shape index (κ2) is 7.27. The standard InChI is InChI=1S/C15H25BrN2/c1-11(2)15(10-18(4)5)17-9-13-6-7-14(16)12(3)8-13/h6-8,11,15,17H,9-10H2,1-5H3. The third-order valence-electron chi connectivity index (χ3n) is 3.16.